The summed E-state index contributed by atoms with van der Waals surface area (Å²) in [4.78, 5) is 14.5. The lowest BCUT2D eigenvalue weighted by atomic mass is 9.59. The standard InChI is InChI=1S/C16H19N3OS/c1-11-3-5-16(6-4-11)12(9-17)14(20)19-7-2-8-21-15(19)13(16)10-18/h11-12H,2-8H2,1H3/t11?,12-,16?/m0/s1. The number of carbonyl (C=O) groups excluding carboxylic acids is 1. The molecule has 21 heavy (non-hydrogen) atoms. The minimum atomic E-state index is -0.679. The van der Waals surface area contributed by atoms with Crippen LogP contribution in [0.3, 0.4) is 0 Å². The lowest BCUT2D eigenvalue weighted by Gasteiger charge is -2.48. The van der Waals surface area contributed by atoms with Crippen LogP contribution in [-0.2, 0) is 4.79 Å². The maximum Gasteiger partial charge on any atom is 0.245 e. The predicted octanol–water partition coefficient (Wildman–Crippen LogP) is 3.04. The molecule has 1 aliphatic carbocycles. The van der Waals surface area contributed by atoms with Crippen LogP contribution in [0, 0.1) is 39.9 Å². The quantitative estimate of drug-likeness (QED) is 0.689. The van der Waals surface area contributed by atoms with Crippen LogP contribution in [0.2, 0.25) is 0 Å². The van der Waals surface area contributed by atoms with Gasteiger partial charge in [-0.1, -0.05) is 6.92 Å². The van der Waals surface area contributed by atoms with E-state index in [4.69, 9.17) is 0 Å². The maximum atomic E-state index is 12.8. The van der Waals surface area contributed by atoms with Gasteiger partial charge in [-0.2, -0.15) is 10.5 Å². The monoisotopic (exact) mass is 301 g/mol. The summed E-state index contributed by atoms with van der Waals surface area (Å²) in [5.41, 5.74) is 0.189. The van der Waals surface area contributed by atoms with Gasteiger partial charge < -0.3 is 4.90 Å². The molecule has 0 unspecified atom stereocenters. The molecule has 2 aliphatic heterocycles. The molecular weight excluding hydrogens is 282 g/mol. The van der Waals surface area contributed by atoms with Gasteiger partial charge in [0.25, 0.3) is 0 Å². The van der Waals surface area contributed by atoms with Gasteiger partial charge in [0.1, 0.15) is 5.92 Å². The Hall–Kier alpha value is -1.46. The third-order valence-corrected chi connectivity index (χ3v) is 6.39. The van der Waals surface area contributed by atoms with Crippen LogP contribution in [0.15, 0.2) is 10.6 Å². The van der Waals surface area contributed by atoms with Crippen LogP contribution >= 0.6 is 11.8 Å². The summed E-state index contributed by atoms with van der Waals surface area (Å²) >= 11 is 1.62. The van der Waals surface area contributed by atoms with Crippen molar-refractivity contribution in [1.29, 1.82) is 10.5 Å². The van der Waals surface area contributed by atoms with Gasteiger partial charge in [-0.3, -0.25) is 4.79 Å². The number of nitrogens with zero attached hydrogens (tertiary/aromatic N) is 3. The SMILES string of the molecule is CC1CCC2(CC1)C(C#N)=C1SCCCN1C(=O)[C@@H]2C#N. The van der Waals surface area contributed by atoms with Crippen molar-refractivity contribution in [3.05, 3.63) is 10.6 Å². The van der Waals surface area contributed by atoms with Crippen molar-refractivity contribution < 1.29 is 4.79 Å². The number of nitriles is 2. The molecule has 1 atom stereocenters. The van der Waals surface area contributed by atoms with E-state index in [1.807, 2.05) is 0 Å². The predicted molar refractivity (Wildman–Crippen MR) is 80.6 cm³/mol. The lowest BCUT2D eigenvalue weighted by Crippen LogP contribution is -2.52. The van der Waals surface area contributed by atoms with E-state index in [0.717, 1.165) is 42.9 Å². The van der Waals surface area contributed by atoms with Gasteiger partial charge >= 0.3 is 0 Å². The Balaban J connectivity index is 2.13. The summed E-state index contributed by atoms with van der Waals surface area (Å²) in [7, 11) is 0. The highest BCUT2D eigenvalue weighted by Gasteiger charge is 2.54. The van der Waals surface area contributed by atoms with Gasteiger partial charge in [-0.15, -0.1) is 11.8 Å². The van der Waals surface area contributed by atoms with E-state index in [1.54, 1.807) is 16.7 Å². The van der Waals surface area contributed by atoms with E-state index in [2.05, 4.69) is 19.1 Å². The van der Waals surface area contributed by atoms with E-state index in [9.17, 15) is 15.3 Å². The van der Waals surface area contributed by atoms with E-state index in [1.165, 1.54) is 0 Å². The van der Waals surface area contributed by atoms with Gasteiger partial charge in [0.15, 0.2) is 0 Å². The molecule has 0 bridgehead atoms. The van der Waals surface area contributed by atoms with Crippen molar-refractivity contribution >= 4 is 17.7 Å². The van der Waals surface area contributed by atoms with Gasteiger partial charge in [-0.25, -0.2) is 0 Å². The first-order valence-electron chi connectivity index (χ1n) is 7.62. The Bertz CT molecular complexity index is 575. The zero-order valence-electron chi connectivity index (χ0n) is 12.3. The first-order valence-corrected chi connectivity index (χ1v) is 8.61. The first kappa shape index (κ1) is 14.5. The van der Waals surface area contributed by atoms with Crippen molar-refractivity contribution in [2.24, 2.45) is 17.3 Å². The van der Waals surface area contributed by atoms with Crippen molar-refractivity contribution in [1.82, 2.24) is 4.90 Å². The van der Waals surface area contributed by atoms with Crippen LogP contribution in [0.4, 0.5) is 0 Å². The largest absolute Gasteiger partial charge is 0.305 e. The molecule has 1 spiro atoms. The van der Waals surface area contributed by atoms with Crippen molar-refractivity contribution in [2.45, 2.75) is 39.0 Å². The normalized spacial score (nSPS) is 36.1. The fourth-order valence-electron chi connectivity index (χ4n) is 3.89. The number of hydrogen-bond donors (Lipinski definition) is 0. The van der Waals surface area contributed by atoms with Gasteiger partial charge in [-0.05, 0) is 38.0 Å². The second kappa shape index (κ2) is 5.39. The highest BCUT2D eigenvalue weighted by molar-refractivity contribution is 8.03. The molecule has 3 rings (SSSR count). The summed E-state index contributed by atoms with van der Waals surface area (Å²) < 4.78 is 0. The van der Waals surface area contributed by atoms with Crippen LogP contribution in [0.1, 0.15) is 39.0 Å². The Kier molecular flexibility index (Phi) is 3.71. The molecule has 1 saturated heterocycles. The summed E-state index contributed by atoms with van der Waals surface area (Å²) in [6.07, 6.45) is 4.50. The molecule has 0 aromatic heterocycles. The van der Waals surface area contributed by atoms with Gasteiger partial charge in [0.05, 0.1) is 22.7 Å². The molecular formula is C16H19N3OS. The summed E-state index contributed by atoms with van der Waals surface area (Å²) in [5, 5.41) is 20.2. The molecule has 3 aliphatic rings. The third-order valence-electron chi connectivity index (χ3n) is 5.19. The highest BCUT2D eigenvalue weighted by Crippen LogP contribution is 2.55. The minimum absolute atomic E-state index is 0.0757. The van der Waals surface area contributed by atoms with Crippen LogP contribution in [0.25, 0.3) is 0 Å². The number of thioether (sulfide) groups is 1. The lowest BCUT2D eigenvalue weighted by molar-refractivity contribution is -0.137. The number of fused-ring (bicyclic) bond motifs is 1. The second-order valence-electron chi connectivity index (χ2n) is 6.38. The Morgan fingerprint density at radius 3 is 2.67 bits per heavy atom. The number of hydrogen-bond acceptors (Lipinski definition) is 4. The smallest absolute Gasteiger partial charge is 0.245 e. The fraction of sp³-hybridized carbons (Fsp3) is 0.688. The van der Waals surface area contributed by atoms with Crippen LogP contribution in [-0.4, -0.2) is 23.1 Å². The average Bonchev–Trinajstić information content (AvgIpc) is 2.51. The van der Waals surface area contributed by atoms with E-state index < -0.39 is 11.3 Å². The van der Waals surface area contributed by atoms with Crippen molar-refractivity contribution in [3.63, 3.8) is 0 Å². The number of carbonyl (C=O) groups is 1. The molecule has 2 fully saturated rings. The molecule has 0 N–H and O–H groups in total. The number of rotatable bonds is 0. The first-order chi connectivity index (χ1) is 10.1. The Morgan fingerprint density at radius 2 is 2.05 bits per heavy atom. The second-order valence-corrected chi connectivity index (χ2v) is 7.47. The van der Waals surface area contributed by atoms with E-state index in [0.29, 0.717) is 18.0 Å². The zero-order chi connectivity index (χ0) is 15.0. The summed E-state index contributed by atoms with van der Waals surface area (Å²) in [5.74, 6) is 0.816. The minimum Gasteiger partial charge on any atom is -0.305 e. The fourth-order valence-corrected chi connectivity index (χ4v) is 5.09. The highest BCUT2D eigenvalue weighted by atomic mass is 32.2. The van der Waals surface area contributed by atoms with Crippen LogP contribution < -0.4 is 0 Å². The zero-order valence-corrected chi connectivity index (χ0v) is 13.1. The Labute approximate surface area is 129 Å². The summed E-state index contributed by atoms with van der Waals surface area (Å²) in [6.45, 7) is 2.86. The molecule has 0 aromatic carbocycles. The van der Waals surface area contributed by atoms with Crippen LogP contribution in [0.5, 0.6) is 0 Å². The van der Waals surface area contributed by atoms with Crippen molar-refractivity contribution in [3.8, 4) is 12.1 Å². The average molecular weight is 301 g/mol. The van der Waals surface area contributed by atoms with Gasteiger partial charge in [0.2, 0.25) is 5.91 Å². The molecule has 2 heterocycles. The molecule has 1 amide bonds. The van der Waals surface area contributed by atoms with E-state index in [-0.39, 0.29) is 5.91 Å². The molecule has 5 heteroatoms. The molecule has 0 aromatic rings. The molecule has 4 nitrogen and oxygen atoms in total. The third kappa shape index (κ3) is 2.07. The number of amides is 1. The molecule has 110 valence electrons. The Morgan fingerprint density at radius 1 is 1.33 bits per heavy atom. The van der Waals surface area contributed by atoms with Crippen molar-refractivity contribution in [2.75, 3.05) is 12.3 Å². The van der Waals surface area contributed by atoms with E-state index >= 15 is 0 Å². The van der Waals surface area contributed by atoms with Gasteiger partial charge in [0, 0.05) is 17.7 Å². The maximum absolute atomic E-state index is 12.8. The number of allylic oxidation sites excluding steroid dienone is 1. The topological polar surface area (TPSA) is 67.9 Å². The molecule has 1 saturated carbocycles. The molecule has 0 radical (unpaired) electrons. The summed E-state index contributed by atoms with van der Waals surface area (Å²) in [6, 6.07) is 4.62.